The van der Waals surface area contributed by atoms with Gasteiger partial charge in [0.25, 0.3) is 5.78 Å². The van der Waals surface area contributed by atoms with Crippen LogP contribution >= 0.6 is 0 Å². The summed E-state index contributed by atoms with van der Waals surface area (Å²) in [6.07, 6.45) is 0. The van der Waals surface area contributed by atoms with Crippen molar-refractivity contribution in [2.24, 2.45) is 5.41 Å². The molecule has 136 valence electrons. The Balaban J connectivity index is 2.33. The summed E-state index contributed by atoms with van der Waals surface area (Å²) in [6.45, 7) is 6.17. The van der Waals surface area contributed by atoms with E-state index in [1.807, 2.05) is 20.8 Å². The first-order valence-electron chi connectivity index (χ1n) is 7.82. The molecule has 0 saturated carbocycles. The second kappa shape index (κ2) is 7.38. The zero-order valence-corrected chi connectivity index (χ0v) is 14.6. The van der Waals surface area contributed by atoms with Crippen molar-refractivity contribution in [3.05, 3.63) is 63.6 Å². The molecule has 26 heavy (non-hydrogen) atoms. The molecular weight excluding hydrogens is 341 g/mol. The molecule has 0 aliphatic heterocycles. The highest BCUT2D eigenvalue weighted by Gasteiger charge is 2.24. The van der Waals surface area contributed by atoms with Crippen LogP contribution in [0.5, 0.6) is 0 Å². The molecule has 0 saturated heterocycles. The second-order valence-corrected chi connectivity index (χ2v) is 6.90. The number of rotatable bonds is 6. The maximum atomic E-state index is 12.9. The van der Waals surface area contributed by atoms with Gasteiger partial charge in [-0.25, -0.2) is 9.37 Å². The summed E-state index contributed by atoms with van der Waals surface area (Å²) in [4.78, 5) is 39.1. The Morgan fingerprint density at radius 2 is 1.73 bits per heavy atom. The first-order chi connectivity index (χ1) is 12.1. The van der Waals surface area contributed by atoms with Gasteiger partial charge in [-0.1, -0.05) is 20.8 Å². The molecule has 8 heteroatoms. The number of nitro groups is 1. The van der Waals surface area contributed by atoms with Gasteiger partial charge in [0.05, 0.1) is 4.92 Å². The predicted octanol–water partition coefficient (Wildman–Crippen LogP) is 3.65. The first kappa shape index (κ1) is 19.2. The number of aromatic nitrogens is 1. The van der Waals surface area contributed by atoms with Crippen LogP contribution in [-0.2, 0) is 0 Å². The number of Topliss-reactive ketones (excluding diaryl/α,β-unsaturated/α-hetero) is 2. The van der Waals surface area contributed by atoms with Gasteiger partial charge >= 0.3 is 5.69 Å². The highest BCUT2D eigenvalue weighted by Crippen LogP contribution is 2.24. The molecule has 0 spiro atoms. The molecule has 1 aromatic carbocycles. The molecule has 0 aliphatic carbocycles. The number of nitrogens with zero attached hydrogens (tertiary/aromatic N) is 2. The number of nitrogens with one attached hydrogen (secondary N) is 1. The second-order valence-electron chi connectivity index (χ2n) is 6.90. The van der Waals surface area contributed by atoms with Gasteiger partial charge in [0.1, 0.15) is 11.5 Å². The number of ketones is 2. The van der Waals surface area contributed by atoms with E-state index in [4.69, 9.17) is 0 Å². The van der Waals surface area contributed by atoms with E-state index >= 15 is 0 Å². The third kappa shape index (κ3) is 4.69. The molecule has 1 heterocycles. The van der Waals surface area contributed by atoms with Crippen LogP contribution in [0, 0.1) is 21.3 Å². The van der Waals surface area contributed by atoms with Crippen molar-refractivity contribution in [3.63, 3.8) is 0 Å². The van der Waals surface area contributed by atoms with Crippen LogP contribution in [0.3, 0.4) is 0 Å². The monoisotopic (exact) mass is 359 g/mol. The molecule has 2 rings (SSSR count). The fourth-order valence-corrected chi connectivity index (χ4v) is 2.05. The van der Waals surface area contributed by atoms with Gasteiger partial charge in [0.15, 0.2) is 0 Å². The molecule has 0 amide bonds. The molecule has 0 aliphatic rings. The van der Waals surface area contributed by atoms with Gasteiger partial charge in [-0.05, 0) is 35.7 Å². The lowest BCUT2D eigenvalue weighted by atomic mass is 9.97. The lowest BCUT2D eigenvalue weighted by Crippen LogP contribution is -2.22. The quantitative estimate of drug-likeness (QED) is 0.365. The third-order valence-electron chi connectivity index (χ3n) is 3.40. The topological polar surface area (TPSA) is 102 Å². The predicted molar refractivity (Wildman–Crippen MR) is 93.9 cm³/mol. The number of hydrogen-bond acceptors (Lipinski definition) is 6. The van der Waals surface area contributed by atoms with Crippen LogP contribution < -0.4 is 5.32 Å². The Morgan fingerprint density at radius 1 is 1.12 bits per heavy atom. The van der Waals surface area contributed by atoms with E-state index in [-0.39, 0.29) is 28.2 Å². The molecule has 0 unspecified atom stereocenters. The minimum Gasteiger partial charge on any atom is -0.364 e. The Morgan fingerprint density at radius 3 is 2.27 bits per heavy atom. The number of anilines is 1. The molecule has 0 fully saturated rings. The van der Waals surface area contributed by atoms with Crippen LogP contribution in [0.25, 0.3) is 0 Å². The van der Waals surface area contributed by atoms with Crippen molar-refractivity contribution in [2.75, 3.05) is 11.9 Å². The SMILES string of the molecule is CC(C)(C)CNc1nc(C(=O)C(=O)c2ccc(F)cc2)ccc1[N+](=O)[O-]. The summed E-state index contributed by atoms with van der Waals surface area (Å²) in [6, 6.07) is 6.78. The van der Waals surface area contributed by atoms with Gasteiger partial charge in [-0.3, -0.25) is 19.7 Å². The number of pyridine rings is 1. The lowest BCUT2D eigenvalue weighted by molar-refractivity contribution is -0.384. The van der Waals surface area contributed by atoms with Crippen molar-refractivity contribution in [3.8, 4) is 0 Å². The number of carbonyl (C=O) groups excluding carboxylic acids is 2. The van der Waals surface area contributed by atoms with E-state index < -0.39 is 22.3 Å². The number of carbonyl (C=O) groups is 2. The lowest BCUT2D eigenvalue weighted by Gasteiger charge is -2.19. The van der Waals surface area contributed by atoms with Crippen LogP contribution in [0.4, 0.5) is 15.9 Å². The maximum absolute atomic E-state index is 12.9. The maximum Gasteiger partial charge on any atom is 0.311 e. The minimum absolute atomic E-state index is 0.0146. The van der Waals surface area contributed by atoms with E-state index in [9.17, 15) is 24.1 Å². The summed E-state index contributed by atoms with van der Waals surface area (Å²) >= 11 is 0. The molecule has 7 nitrogen and oxygen atoms in total. The fourth-order valence-electron chi connectivity index (χ4n) is 2.05. The summed E-state index contributed by atoms with van der Waals surface area (Å²) in [7, 11) is 0. The van der Waals surface area contributed by atoms with E-state index in [2.05, 4.69) is 10.3 Å². The Hall–Kier alpha value is -3.16. The molecule has 1 N–H and O–H groups in total. The minimum atomic E-state index is -0.926. The van der Waals surface area contributed by atoms with Gasteiger partial charge in [0, 0.05) is 18.2 Å². The highest BCUT2D eigenvalue weighted by molar-refractivity contribution is 6.48. The molecule has 0 bridgehead atoms. The van der Waals surface area contributed by atoms with Crippen LogP contribution in [0.2, 0.25) is 0 Å². The van der Waals surface area contributed by atoms with Crippen molar-refractivity contribution in [1.29, 1.82) is 0 Å². The molecule has 0 radical (unpaired) electrons. The molecule has 1 aromatic heterocycles. The molecule has 2 aromatic rings. The normalized spacial score (nSPS) is 11.1. The smallest absolute Gasteiger partial charge is 0.311 e. The van der Waals surface area contributed by atoms with E-state index in [0.29, 0.717) is 6.54 Å². The van der Waals surface area contributed by atoms with Crippen molar-refractivity contribution < 1.29 is 18.9 Å². The van der Waals surface area contributed by atoms with E-state index in [1.165, 1.54) is 12.1 Å². The van der Waals surface area contributed by atoms with Crippen LogP contribution in [0.15, 0.2) is 36.4 Å². The number of benzene rings is 1. The Labute approximate surface area is 149 Å². The number of hydrogen-bond donors (Lipinski definition) is 1. The number of halogens is 1. The standard InChI is InChI=1S/C18H18FN3O4/c1-18(2,3)10-20-17-14(22(25)26)9-8-13(21-17)16(24)15(23)11-4-6-12(19)7-5-11/h4-9H,10H2,1-3H3,(H,20,21). The zero-order valence-electron chi connectivity index (χ0n) is 14.6. The highest BCUT2D eigenvalue weighted by atomic mass is 19.1. The Bertz CT molecular complexity index is 858. The summed E-state index contributed by atoms with van der Waals surface area (Å²) < 4.78 is 12.9. The van der Waals surface area contributed by atoms with Gasteiger partial charge in [0.2, 0.25) is 11.6 Å². The van der Waals surface area contributed by atoms with Gasteiger partial charge in [-0.15, -0.1) is 0 Å². The summed E-state index contributed by atoms with van der Waals surface area (Å²) in [5.41, 5.74) is -0.679. The molecule has 0 atom stereocenters. The molecular formula is C18H18FN3O4. The van der Waals surface area contributed by atoms with Crippen LogP contribution in [0.1, 0.15) is 41.6 Å². The average molecular weight is 359 g/mol. The average Bonchev–Trinajstić information content (AvgIpc) is 2.58. The van der Waals surface area contributed by atoms with Crippen molar-refractivity contribution in [1.82, 2.24) is 4.98 Å². The van der Waals surface area contributed by atoms with E-state index in [1.54, 1.807) is 0 Å². The largest absolute Gasteiger partial charge is 0.364 e. The fraction of sp³-hybridized carbons (Fsp3) is 0.278. The zero-order chi connectivity index (χ0) is 19.5. The van der Waals surface area contributed by atoms with Crippen molar-refractivity contribution in [2.45, 2.75) is 20.8 Å². The van der Waals surface area contributed by atoms with Crippen molar-refractivity contribution >= 4 is 23.1 Å². The summed E-state index contributed by atoms with van der Waals surface area (Å²) in [5.74, 6) is -2.41. The van der Waals surface area contributed by atoms with Gasteiger partial charge < -0.3 is 5.32 Å². The van der Waals surface area contributed by atoms with Crippen LogP contribution in [-0.4, -0.2) is 28.0 Å². The van der Waals surface area contributed by atoms with E-state index in [0.717, 1.165) is 24.3 Å². The van der Waals surface area contributed by atoms with Gasteiger partial charge in [-0.2, -0.15) is 0 Å². The Kier molecular flexibility index (Phi) is 5.44. The first-order valence-corrected chi connectivity index (χ1v) is 7.82. The summed E-state index contributed by atoms with van der Waals surface area (Å²) in [5, 5.41) is 14.0. The third-order valence-corrected chi connectivity index (χ3v) is 3.40.